The predicted octanol–water partition coefficient (Wildman–Crippen LogP) is 3.26. The van der Waals surface area contributed by atoms with Gasteiger partial charge in [-0.25, -0.2) is 0 Å². The summed E-state index contributed by atoms with van der Waals surface area (Å²) < 4.78 is 40.9. The molecule has 24 heavy (non-hydrogen) atoms. The van der Waals surface area contributed by atoms with Crippen molar-refractivity contribution >= 4 is 22.2 Å². The highest BCUT2D eigenvalue weighted by molar-refractivity contribution is 5.90. The molecule has 0 atom stereocenters. The molecule has 4 nitrogen and oxygen atoms in total. The monoisotopic (exact) mass is 334 g/mol. The average molecular weight is 334 g/mol. The van der Waals surface area contributed by atoms with Crippen LogP contribution in [0.2, 0.25) is 0 Å². The van der Waals surface area contributed by atoms with E-state index in [-0.39, 0.29) is 5.52 Å². The number of anilines is 1. The molecular weight excluding hydrogens is 317 g/mol. The van der Waals surface area contributed by atoms with Crippen LogP contribution >= 0.6 is 0 Å². The van der Waals surface area contributed by atoms with Gasteiger partial charge in [0.1, 0.15) is 5.52 Å². The van der Waals surface area contributed by atoms with E-state index in [1.165, 1.54) is 12.4 Å². The van der Waals surface area contributed by atoms with Crippen LogP contribution in [0.25, 0.3) is 16.6 Å². The molecule has 0 spiro atoms. The van der Waals surface area contributed by atoms with E-state index >= 15 is 0 Å². The Morgan fingerprint density at radius 2 is 1.75 bits per heavy atom. The van der Waals surface area contributed by atoms with Gasteiger partial charge in [-0.3, -0.25) is 4.98 Å². The molecular formula is C17H17F3N4. The minimum Gasteiger partial charge on any atom is -0.367 e. The lowest BCUT2D eigenvalue weighted by atomic mass is 10.2. The molecule has 0 bridgehead atoms. The maximum atomic E-state index is 13.1. The minimum atomic E-state index is -4.38. The Balaban J connectivity index is 1.87. The van der Waals surface area contributed by atoms with Crippen LogP contribution in [-0.2, 0) is 6.18 Å². The fraction of sp³-hybridized carbons (Fsp3) is 0.353. The Bertz CT molecular complexity index is 892. The number of benzene rings is 1. The lowest BCUT2D eigenvalue weighted by molar-refractivity contribution is -0.136. The van der Waals surface area contributed by atoms with E-state index in [4.69, 9.17) is 0 Å². The van der Waals surface area contributed by atoms with Crippen LogP contribution in [-0.4, -0.2) is 47.5 Å². The number of fused-ring (bicyclic) bond motifs is 3. The molecule has 0 N–H and O–H groups in total. The molecule has 3 heterocycles. The van der Waals surface area contributed by atoms with Gasteiger partial charge < -0.3 is 14.2 Å². The van der Waals surface area contributed by atoms with Crippen molar-refractivity contribution in [2.24, 2.45) is 0 Å². The molecule has 1 fully saturated rings. The number of nitrogens with zero attached hydrogens (tertiary/aromatic N) is 4. The van der Waals surface area contributed by atoms with E-state index in [0.717, 1.165) is 43.4 Å². The van der Waals surface area contributed by atoms with Crippen molar-refractivity contribution in [3.63, 3.8) is 0 Å². The largest absolute Gasteiger partial charge is 0.418 e. The van der Waals surface area contributed by atoms with Crippen LogP contribution in [0.1, 0.15) is 5.56 Å². The maximum absolute atomic E-state index is 13.1. The van der Waals surface area contributed by atoms with Gasteiger partial charge in [0.2, 0.25) is 0 Å². The Hall–Kier alpha value is -2.28. The molecule has 0 amide bonds. The topological polar surface area (TPSA) is 23.8 Å². The van der Waals surface area contributed by atoms with Gasteiger partial charge in [0, 0.05) is 32.4 Å². The zero-order valence-corrected chi connectivity index (χ0v) is 13.2. The molecule has 0 unspecified atom stereocenters. The third-order valence-electron chi connectivity index (χ3n) is 4.64. The van der Waals surface area contributed by atoms with E-state index in [0.29, 0.717) is 5.52 Å². The van der Waals surface area contributed by atoms with Gasteiger partial charge in [0.25, 0.3) is 0 Å². The average Bonchev–Trinajstić information content (AvgIpc) is 3.00. The summed E-state index contributed by atoms with van der Waals surface area (Å²) in [5.74, 6) is 0. The molecule has 1 aromatic carbocycles. The highest BCUT2D eigenvalue weighted by Crippen LogP contribution is 2.35. The molecule has 3 aromatic rings. The van der Waals surface area contributed by atoms with Crippen LogP contribution in [0.5, 0.6) is 0 Å². The van der Waals surface area contributed by atoms with Gasteiger partial charge in [0.15, 0.2) is 0 Å². The van der Waals surface area contributed by atoms with Gasteiger partial charge in [0.05, 0.1) is 28.5 Å². The fourth-order valence-electron chi connectivity index (χ4n) is 3.30. The summed E-state index contributed by atoms with van der Waals surface area (Å²) in [6.45, 7) is 3.68. The van der Waals surface area contributed by atoms with Crippen molar-refractivity contribution in [3.8, 4) is 0 Å². The molecule has 1 aliphatic heterocycles. The molecule has 2 aromatic heterocycles. The van der Waals surface area contributed by atoms with Crippen molar-refractivity contribution in [1.82, 2.24) is 14.3 Å². The quantitative estimate of drug-likeness (QED) is 0.683. The van der Waals surface area contributed by atoms with E-state index in [9.17, 15) is 13.2 Å². The molecule has 0 aliphatic carbocycles. The number of hydrogen-bond acceptors (Lipinski definition) is 3. The molecule has 0 radical (unpaired) electrons. The summed E-state index contributed by atoms with van der Waals surface area (Å²) in [5, 5.41) is 0. The molecule has 1 aliphatic rings. The second kappa shape index (κ2) is 5.37. The van der Waals surface area contributed by atoms with Crippen LogP contribution < -0.4 is 4.90 Å². The fourth-order valence-corrected chi connectivity index (χ4v) is 3.30. The predicted molar refractivity (Wildman–Crippen MR) is 87.4 cm³/mol. The second-order valence-electron chi connectivity index (χ2n) is 6.18. The van der Waals surface area contributed by atoms with E-state index in [1.807, 2.05) is 18.2 Å². The molecule has 126 valence electrons. The van der Waals surface area contributed by atoms with Crippen LogP contribution in [0, 0.1) is 0 Å². The van der Waals surface area contributed by atoms with Gasteiger partial charge in [-0.05, 0) is 25.2 Å². The number of hydrogen-bond donors (Lipinski definition) is 0. The van der Waals surface area contributed by atoms with Crippen LogP contribution in [0.15, 0.2) is 36.7 Å². The first-order valence-corrected chi connectivity index (χ1v) is 7.84. The summed E-state index contributed by atoms with van der Waals surface area (Å²) in [6, 6.07) is 6.79. The second-order valence-corrected chi connectivity index (χ2v) is 6.18. The first-order chi connectivity index (χ1) is 11.4. The first kappa shape index (κ1) is 15.3. The number of rotatable bonds is 1. The number of alkyl halides is 3. The number of halogens is 3. The van der Waals surface area contributed by atoms with Gasteiger partial charge in [-0.2, -0.15) is 13.2 Å². The summed E-state index contributed by atoms with van der Waals surface area (Å²) >= 11 is 0. The first-order valence-electron chi connectivity index (χ1n) is 7.84. The third-order valence-corrected chi connectivity index (χ3v) is 4.64. The molecule has 4 rings (SSSR count). The summed E-state index contributed by atoms with van der Waals surface area (Å²) in [4.78, 5) is 8.88. The number of piperazine rings is 1. The van der Waals surface area contributed by atoms with Gasteiger partial charge >= 0.3 is 6.18 Å². The zero-order valence-electron chi connectivity index (χ0n) is 13.2. The Morgan fingerprint density at radius 3 is 2.46 bits per heavy atom. The van der Waals surface area contributed by atoms with Crippen molar-refractivity contribution in [2.45, 2.75) is 6.18 Å². The maximum Gasteiger partial charge on any atom is 0.418 e. The number of likely N-dealkylation sites (N-methyl/N-ethyl adjacent to an activating group) is 1. The van der Waals surface area contributed by atoms with Crippen molar-refractivity contribution in [2.75, 3.05) is 38.1 Å². The standard InChI is InChI=1S/C17H17F3N4/c1-22-7-9-23(10-8-22)13-3-2-4-14-16(13)21-11-15-12(17(18,19)20)5-6-24(14)15/h2-6,11H,7-10H2,1H3. The Morgan fingerprint density at radius 1 is 1.00 bits per heavy atom. The van der Waals surface area contributed by atoms with E-state index in [2.05, 4.69) is 21.8 Å². The van der Waals surface area contributed by atoms with Crippen molar-refractivity contribution in [1.29, 1.82) is 0 Å². The summed E-state index contributed by atoms with van der Waals surface area (Å²) in [7, 11) is 2.08. The number of para-hydroxylation sites is 1. The highest BCUT2D eigenvalue weighted by Gasteiger charge is 2.34. The van der Waals surface area contributed by atoms with E-state index < -0.39 is 11.7 Å². The van der Waals surface area contributed by atoms with Crippen LogP contribution in [0.3, 0.4) is 0 Å². The van der Waals surface area contributed by atoms with Crippen molar-refractivity contribution < 1.29 is 13.2 Å². The molecule has 7 heteroatoms. The molecule has 1 saturated heterocycles. The van der Waals surface area contributed by atoms with Crippen LogP contribution in [0.4, 0.5) is 18.9 Å². The Kier molecular flexibility index (Phi) is 3.42. The minimum absolute atomic E-state index is 0.0885. The SMILES string of the molecule is CN1CCN(c2cccc3c2ncc2c(C(F)(F)F)ccn23)CC1. The Labute approximate surface area is 137 Å². The van der Waals surface area contributed by atoms with Gasteiger partial charge in [-0.15, -0.1) is 0 Å². The highest BCUT2D eigenvalue weighted by atomic mass is 19.4. The van der Waals surface area contributed by atoms with Crippen molar-refractivity contribution in [3.05, 3.63) is 42.2 Å². The normalized spacial score (nSPS) is 17.1. The molecule has 0 saturated carbocycles. The smallest absolute Gasteiger partial charge is 0.367 e. The zero-order chi connectivity index (χ0) is 16.9. The lowest BCUT2D eigenvalue weighted by Gasteiger charge is -2.34. The van der Waals surface area contributed by atoms with E-state index in [1.54, 1.807) is 4.40 Å². The number of aromatic nitrogens is 2. The summed E-state index contributed by atoms with van der Waals surface area (Å²) in [6.07, 6.45) is -1.58. The lowest BCUT2D eigenvalue weighted by Crippen LogP contribution is -2.44. The van der Waals surface area contributed by atoms with Gasteiger partial charge in [-0.1, -0.05) is 6.07 Å². The third kappa shape index (κ3) is 2.39. The summed E-state index contributed by atoms with van der Waals surface area (Å²) in [5.41, 5.74) is 1.84.